The molecule has 1 saturated heterocycles. The molecule has 1 rings (SSSR count). The van der Waals surface area contributed by atoms with E-state index in [0.29, 0.717) is 0 Å². The molecule has 1 aliphatic heterocycles. The number of carbonyl (C=O) groups excluding carboxylic acids is 1. The van der Waals surface area contributed by atoms with Crippen LogP contribution in [0.1, 0.15) is 6.92 Å². The molecule has 0 aromatic carbocycles. The van der Waals surface area contributed by atoms with E-state index in [0.717, 1.165) is 0 Å². The largest absolute Gasteiger partial charge is 0.514 e. The topological polar surface area (TPSA) is 35.5 Å². The Balaban J connectivity index is 0.000000222. The molecule has 1 aliphatic rings. The second kappa shape index (κ2) is 3.07. The van der Waals surface area contributed by atoms with Crippen molar-refractivity contribution in [1.82, 2.24) is 0 Å². The molecule has 0 aliphatic carbocycles. The van der Waals surface area contributed by atoms with Crippen molar-refractivity contribution in [3.05, 3.63) is 13.2 Å². The van der Waals surface area contributed by atoms with Crippen molar-refractivity contribution in [1.29, 1.82) is 0 Å². The van der Waals surface area contributed by atoms with Gasteiger partial charge in [-0.15, -0.1) is 13.2 Å². The smallest absolute Gasteiger partial charge is 0.394 e. The second-order valence-electron chi connectivity index (χ2n) is 1.05. The Hall–Kier alpha value is -0.990. The Morgan fingerprint density at radius 3 is 1.88 bits per heavy atom. The van der Waals surface area contributed by atoms with Crippen LogP contribution in [0.25, 0.3) is 0 Å². The predicted octanol–water partition coefficient (Wildman–Crippen LogP) is 1.30. The normalized spacial score (nSPS) is 16.4. The summed E-state index contributed by atoms with van der Waals surface area (Å²) in [5.74, 6) is 0. The van der Waals surface area contributed by atoms with Gasteiger partial charge in [0.2, 0.25) is 0 Å². The zero-order valence-corrected chi connectivity index (χ0v) is 4.72. The van der Waals surface area contributed by atoms with Crippen LogP contribution in [0.3, 0.4) is 0 Å². The van der Waals surface area contributed by atoms with Crippen molar-refractivity contribution < 1.29 is 14.3 Å². The molecule has 0 spiro atoms. The van der Waals surface area contributed by atoms with E-state index in [9.17, 15) is 4.79 Å². The SMILES string of the molecule is C=C.CC1OC(=O)O1. The van der Waals surface area contributed by atoms with Crippen molar-refractivity contribution in [3.8, 4) is 0 Å². The molecule has 0 bridgehead atoms. The molecule has 46 valence electrons. The lowest BCUT2D eigenvalue weighted by atomic mass is 10.7. The average Bonchev–Trinajstić information content (AvgIpc) is 1.70. The molecule has 8 heavy (non-hydrogen) atoms. The molecule has 0 aromatic rings. The summed E-state index contributed by atoms with van der Waals surface area (Å²) >= 11 is 0. The lowest BCUT2D eigenvalue weighted by Crippen LogP contribution is -2.32. The van der Waals surface area contributed by atoms with Crippen LogP contribution in [0.15, 0.2) is 13.2 Å². The highest BCUT2D eigenvalue weighted by molar-refractivity contribution is 5.63. The standard InChI is InChI=1S/C3H4O3.C2H4/c1-2-5-3(4)6-2;1-2/h2H,1H3;1-2H2. The van der Waals surface area contributed by atoms with Crippen molar-refractivity contribution in [2.45, 2.75) is 13.2 Å². The molecule has 0 radical (unpaired) electrons. The lowest BCUT2D eigenvalue weighted by Gasteiger charge is -2.20. The van der Waals surface area contributed by atoms with Crippen LogP contribution in [0.2, 0.25) is 0 Å². The quantitative estimate of drug-likeness (QED) is 0.353. The van der Waals surface area contributed by atoms with Crippen LogP contribution in [-0.4, -0.2) is 12.4 Å². The highest BCUT2D eigenvalue weighted by Crippen LogP contribution is 2.07. The van der Waals surface area contributed by atoms with Gasteiger partial charge in [-0.05, 0) is 0 Å². The Labute approximate surface area is 47.9 Å². The molecule has 0 N–H and O–H groups in total. The van der Waals surface area contributed by atoms with Gasteiger partial charge in [-0.3, -0.25) is 0 Å². The summed E-state index contributed by atoms with van der Waals surface area (Å²) < 4.78 is 8.56. The summed E-state index contributed by atoms with van der Waals surface area (Å²) in [5, 5.41) is 0. The number of cyclic esters (lactones) is 2. The van der Waals surface area contributed by atoms with E-state index < -0.39 is 6.16 Å². The lowest BCUT2D eigenvalue weighted by molar-refractivity contribution is -0.170. The molecule has 0 amide bonds. The minimum Gasteiger partial charge on any atom is -0.394 e. The van der Waals surface area contributed by atoms with Gasteiger partial charge in [0.05, 0.1) is 0 Å². The number of carbonyl (C=O) groups is 1. The maximum Gasteiger partial charge on any atom is 0.514 e. The molecule has 0 unspecified atom stereocenters. The highest BCUT2D eigenvalue weighted by atomic mass is 16.9. The van der Waals surface area contributed by atoms with Gasteiger partial charge in [-0.2, -0.15) is 0 Å². The van der Waals surface area contributed by atoms with E-state index in [4.69, 9.17) is 0 Å². The van der Waals surface area contributed by atoms with Crippen molar-refractivity contribution in [2.24, 2.45) is 0 Å². The summed E-state index contributed by atoms with van der Waals surface area (Å²) in [6, 6.07) is 0. The van der Waals surface area contributed by atoms with Crippen LogP contribution in [-0.2, 0) is 9.47 Å². The number of hydrogen-bond acceptors (Lipinski definition) is 3. The molecule has 1 heterocycles. The molecule has 3 heteroatoms. The Kier molecular flexibility index (Phi) is 2.69. The van der Waals surface area contributed by atoms with E-state index in [-0.39, 0.29) is 6.29 Å². The first kappa shape index (κ1) is 7.01. The molecule has 1 fully saturated rings. The fourth-order valence-electron chi connectivity index (χ4n) is 0.280. The van der Waals surface area contributed by atoms with Gasteiger partial charge in [-0.25, -0.2) is 4.79 Å². The zero-order valence-electron chi connectivity index (χ0n) is 4.72. The average molecular weight is 116 g/mol. The third-order valence-corrected chi connectivity index (χ3v) is 0.524. The summed E-state index contributed by atoms with van der Waals surface area (Å²) in [7, 11) is 0. The fraction of sp³-hybridized carbons (Fsp3) is 0.400. The number of rotatable bonds is 0. The number of hydrogen-bond donors (Lipinski definition) is 0. The van der Waals surface area contributed by atoms with E-state index in [2.05, 4.69) is 22.6 Å². The summed E-state index contributed by atoms with van der Waals surface area (Å²) in [4.78, 5) is 9.67. The van der Waals surface area contributed by atoms with Crippen LogP contribution in [0, 0.1) is 0 Å². The van der Waals surface area contributed by atoms with E-state index in [1.807, 2.05) is 0 Å². The van der Waals surface area contributed by atoms with Gasteiger partial charge in [0, 0.05) is 6.92 Å². The first-order valence-corrected chi connectivity index (χ1v) is 2.16. The molecule has 0 atom stereocenters. The Morgan fingerprint density at radius 2 is 1.88 bits per heavy atom. The highest BCUT2D eigenvalue weighted by Gasteiger charge is 2.24. The zero-order chi connectivity index (χ0) is 6.57. The molecular formula is C5H8O3. The summed E-state index contributed by atoms with van der Waals surface area (Å²) in [6.45, 7) is 7.65. The van der Waals surface area contributed by atoms with E-state index in [1.54, 1.807) is 6.92 Å². The first-order valence-electron chi connectivity index (χ1n) is 2.16. The molecule has 3 nitrogen and oxygen atoms in total. The molecular weight excluding hydrogens is 108 g/mol. The monoisotopic (exact) mass is 116 g/mol. The minimum absolute atomic E-state index is 0.308. The van der Waals surface area contributed by atoms with Crippen LogP contribution in [0.4, 0.5) is 4.79 Å². The molecule has 0 saturated carbocycles. The van der Waals surface area contributed by atoms with Crippen molar-refractivity contribution in [3.63, 3.8) is 0 Å². The minimum atomic E-state index is -0.567. The van der Waals surface area contributed by atoms with Gasteiger partial charge in [0.25, 0.3) is 6.29 Å². The van der Waals surface area contributed by atoms with Gasteiger partial charge >= 0.3 is 6.16 Å². The van der Waals surface area contributed by atoms with Gasteiger partial charge < -0.3 is 9.47 Å². The summed E-state index contributed by atoms with van der Waals surface area (Å²) in [6.07, 6.45) is -0.875. The Morgan fingerprint density at radius 1 is 1.50 bits per heavy atom. The Bertz CT molecular complexity index is 81.7. The predicted molar refractivity (Wildman–Crippen MR) is 28.3 cm³/mol. The maximum atomic E-state index is 9.67. The third-order valence-electron chi connectivity index (χ3n) is 0.524. The second-order valence-corrected chi connectivity index (χ2v) is 1.05. The van der Waals surface area contributed by atoms with Crippen LogP contribution in [0.5, 0.6) is 0 Å². The van der Waals surface area contributed by atoms with Gasteiger partial charge in [0.15, 0.2) is 0 Å². The van der Waals surface area contributed by atoms with Gasteiger partial charge in [-0.1, -0.05) is 0 Å². The van der Waals surface area contributed by atoms with Crippen molar-refractivity contribution >= 4 is 6.16 Å². The maximum absolute atomic E-state index is 9.67. The fourth-order valence-corrected chi connectivity index (χ4v) is 0.280. The van der Waals surface area contributed by atoms with E-state index >= 15 is 0 Å². The molecule has 0 aromatic heterocycles. The van der Waals surface area contributed by atoms with Gasteiger partial charge in [0.1, 0.15) is 0 Å². The van der Waals surface area contributed by atoms with Crippen molar-refractivity contribution in [2.75, 3.05) is 0 Å². The third kappa shape index (κ3) is 1.64. The number of ether oxygens (including phenoxy) is 2. The van der Waals surface area contributed by atoms with E-state index in [1.165, 1.54) is 0 Å². The van der Waals surface area contributed by atoms with Crippen LogP contribution >= 0.6 is 0 Å². The first-order chi connectivity index (χ1) is 3.79. The summed E-state index contributed by atoms with van der Waals surface area (Å²) in [5.41, 5.74) is 0. The van der Waals surface area contributed by atoms with Crippen LogP contribution < -0.4 is 0 Å².